The summed E-state index contributed by atoms with van der Waals surface area (Å²) in [6.45, 7) is 0. The molecule has 1 rings (SSSR count). The largest absolute Gasteiger partial charge is 0.491 e. The van der Waals surface area contributed by atoms with Crippen molar-refractivity contribution in [1.29, 1.82) is 0 Å². The molecular weight excluding hydrogens is 172 g/mol. The summed E-state index contributed by atoms with van der Waals surface area (Å²) in [5.74, 6) is 0.166. The van der Waals surface area contributed by atoms with Crippen LogP contribution in [0.2, 0.25) is 0 Å². The summed E-state index contributed by atoms with van der Waals surface area (Å²) in [6, 6.07) is 1.48. The van der Waals surface area contributed by atoms with Crippen molar-refractivity contribution >= 4 is 5.91 Å². The van der Waals surface area contributed by atoms with Gasteiger partial charge in [0.2, 0.25) is 5.91 Å². The third-order valence-electron chi connectivity index (χ3n) is 1.52. The molecule has 0 fully saturated rings. The molecule has 0 saturated heterocycles. The Kier molecular flexibility index (Phi) is 2.69. The maximum absolute atomic E-state index is 10.8. The highest BCUT2D eigenvalue weighted by Crippen LogP contribution is 2.23. The van der Waals surface area contributed by atoms with Gasteiger partial charge in [0.05, 0.1) is 19.8 Å². The zero-order valence-electron chi connectivity index (χ0n) is 7.40. The van der Waals surface area contributed by atoms with Gasteiger partial charge < -0.3 is 15.2 Å². The molecule has 1 aromatic rings. The number of pyridine rings is 1. The molecule has 1 aromatic heterocycles. The molecular formula is C8H10N2O3. The maximum Gasteiger partial charge on any atom is 0.256 e. The first kappa shape index (κ1) is 9.31. The predicted octanol–water partition coefficient (Wildman–Crippen LogP) is 0.198. The highest BCUT2D eigenvalue weighted by atomic mass is 16.5. The highest BCUT2D eigenvalue weighted by Gasteiger charge is 2.08. The molecule has 5 nitrogen and oxygen atoms in total. The fourth-order valence-corrected chi connectivity index (χ4v) is 0.866. The number of hydrogen-bond acceptors (Lipinski definition) is 4. The number of carbonyl (C=O) groups is 1. The summed E-state index contributed by atoms with van der Waals surface area (Å²) in [5, 5.41) is 0. The second-order valence-corrected chi connectivity index (χ2v) is 2.30. The van der Waals surface area contributed by atoms with Crippen molar-refractivity contribution < 1.29 is 14.3 Å². The molecule has 0 spiro atoms. The van der Waals surface area contributed by atoms with Gasteiger partial charge in [-0.25, -0.2) is 4.98 Å². The van der Waals surface area contributed by atoms with Crippen molar-refractivity contribution in [2.24, 2.45) is 5.73 Å². The average Bonchev–Trinajstić information content (AvgIpc) is 2.16. The summed E-state index contributed by atoms with van der Waals surface area (Å²) in [6.07, 6.45) is 1.34. The van der Waals surface area contributed by atoms with Gasteiger partial charge in [0.25, 0.3) is 5.88 Å². The molecule has 0 unspecified atom stereocenters. The topological polar surface area (TPSA) is 74.4 Å². The normalized spacial score (nSPS) is 9.38. The van der Waals surface area contributed by atoms with Crippen molar-refractivity contribution in [2.45, 2.75) is 0 Å². The average molecular weight is 182 g/mol. The van der Waals surface area contributed by atoms with Crippen molar-refractivity contribution in [3.8, 4) is 11.6 Å². The van der Waals surface area contributed by atoms with Crippen LogP contribution in [0.25, 0.3) is 0 Å². The fourth-order valence-electron chi connectivity index (χ4n) is 0.866. The van der Waals surface area contributed by atoms with Crippen LogP contribution < -0.4 is 15.2 Å². The van der Waals surface area contributed by atoms with Gasteiger partial charge in [-0.3, -0.25) is 4.79 Å². The van der Waals surface area contributed by atoms with Crippen molar-refractivity contribution in [1.82, 2.24) is 4.98 Å². The van der Waals surface area contributed by atoms with E-state index < -0.39 is 5.91 Å². The number of nitrogens with zero attached hydrogens (tertiary/aromatic N) is 1. The first-order valence-corrected chi connectivity index (χ1v) is 3.57. The minimum Gasteiger partial charge on any atom is -0.491 e. The zero-order chi connectivity index (χ0) is 9.84. The fraction of sp³-hybridized carbons (Fsp3) is 0.250. The Morgan fingerprint density at radius 2 is 2.15 bits per heavy atom. The summed E-state index contributed by atoms with van der Waals surface area (Å²) in [7, 11) is 2.93. The van der Waals surface area contributed by atoms with E-state index in [-0.39, 0.29) is 5.56 Å². The highest BCUT2D eigenvalue weighted by molar-refractivity contribution is 5.92. The Hall–Kier alpha value is -1.78. The van der Waals surface area contributed by atoms with Crippen LogP contribution in [0.3, 0.4) is 0 Å². The summed E-state index contributed by atoms with van der Waals surface area (Å²) < 4.78 is 9.81. The Morgan fingerprint density at radius 3 is 2.62 bits per heavy atom. The van der Waals surface area contributed by atoms with E-state index in [0.717, 1.165) is 0 Å². The molecule has 0 aliphatic heterocycles. The van der Waals surface area contributed by atoms with Gasteiger partial charge in [0.15, 0.2) is 5.75 Å². The zero-order valence-corrected chi connectivity index (χ0v) is 7.40. The number of nitrogens with two attached hydrogens (primary N) is 1. The van der Waals surface area contributed by atoms with E-state index >= 15 is 0 Å². The van der Waals surface area contributed by atoms with Crippen LogP contribution in [0.4, 0.5) is 0 Å². The first-order chi connectivity index (χ1) is 6.19. The number of primary amides is 1. The third-order valence-corrected chi connectivity index (χ3v) is 1.52. The summed E-state index contributed by atoms with van der Waals surface area (Å²) >= 11 is 0. The smallest absolute Gasteiger partial charge is 0.256 e. The minimum absolute atomic E-state index is 0.289. The van der Waals surface area contributed by atoms with Gasteiger partial charge in [-0.05, 0) is 0 Å². The van der Waals surface area contributed by atoms with Gasteiger partial charge in [-0.15, -0.1) is 0 Å². The third kappa shape index (κ3) is 1.87. The van der Waals surface area contributed by atoms with Crippen molar-refractivity contribution in [2.75, 3.05) is 14.2 Å². The Labute approximate surface area is 75.5 Å². The standard InChI is InChI=1S/C8H10N2O3/c1-12-6-3-5(7(9)11)4-10-8(6)13-2/h3-4H,1-2H3,(H2,9,11). The Morgan fingerprint density at radius 1 is 1.46 bits per heavy atom. The van der Waals surface area contributed by atoms with Crippen molar-refractivity contribution in [3.05, 3.63) is 17.8 Å². The SMILES string of the molecule is COc1cc(C(N)=O)cnc1OC. The van der Waals surface area contributed by atoms with E-state index in [1.54, 1.807) is 0 Å². The number of carbonyl (C=O) groups excluding carboxylic acids is 1. The lowest BCUT2D eigenvalue weighted by Crippen LogP contribution is -2.11. The van der Waals surface area contributed by atoms with Crippen molar-refractivity contribution in [3.63, 3.8) is 0 Å². The molecule has 5 heteroatoms. The summed E-state index contributed by atoms with van der Waals surface area (Å²) in [5.41, 5.74) is 5.34. The quantitative estimate of drug-likeness (QED) is 0.724. The van der Waals surface area contributed by atoms with Gasteiger partial charge in [-0.1, -0.05) is 0 Å². The second-order valence-electron chi connectivity index (χ2n) is 2.30. The van der Waals surface area contributed by atoms with Crippen LogP contribution >= 0.6 is 0 Å². The van der Waals surface area contributed by atoms with Crippen LogP contribution in [0.15, 0.2) is 12.3 Å². The molecule has 1 amide bonds. The lowest BCUT2D eigenvalue weighted by atomic mass is 10.2. The molecule has 0 bridgehead atoms. The van der Waals surface area contributed by atoms with E-state index in [4.69, 9.17) is 15.2 Å². The molecule has 70 valence electrons. The van der Waals surface area contributed by atoms with Gasteiger partial charge in [0, 0.05) is 12.3 Å². The summed E-state index contributed by atoms with van der Waals surface area (Å²) in [4.78, 5) is 14.6. The number of aromatic nitrogens is 1. The molecule has 0 aliphatic carbocycles. The number of hydrogen-bond donors (Lipinski definition) is 1. The molecule has 0 aromatic carbocycles. The van der Waals surface area contributed by atoms with Crippen LogP contribution in [-0.4, -0.2) is 25.1 Å². The van der Waals surface area contributed by atoms with Crippen LogP contribution in [0.5, 0.6) is 11.6 Å². The van der Waals surface area contributed by atoms with E-state index in [2.05, 4.69) is 4.98 Å². The molecule has 0 atom stereocenters. The predicted molar refractivity (Wildman–Crippen MR) is 45.9 cm³/mol. The number of methoxy groups -OCH3 is 2. The maximum atomic E-state index is 10.8. The number of amides is 1. The molecule has 13 heavy (non-hydrogen) atoms. The van der Waals surface area contributed by atoms with Crippen LogP contribution in [0, 0.1) is 0 Å². The van der Waals surface area contributed by atoms with E-state index in [1.165, 1.54) is 26.5 Å². The van der Waals surface area contributed by atoms with Gasteiger partial charge in [-0.2, -0.15) is 0 Å². The second kappa shape index (κ2) is 3.75. The molecule has 2 N–H and O–H groups in total. The molecule has 0 saturated carbocycles. The van der Waals surface area contributed by atoms with Gasteiger partial charge >= 0.3 is 0 Å². The molecule has 1 heterocycles. The monoisotopic (exact) mass is 182 g/mol. The molecule has 0 aliphatic rings. The van der Waals surface area contributed by atoms with E-state index in [0.29, 0.717) is 11.6 Å². The molecule has 0 radical (unpaired) electrons. The van der Waals surface area contributed by atoms with Gasteiger partial charge in [0.1, 0.15) is 0 Å². The van der Waals surface area contributed by atoms with E-state index in [1.807, 2.05) is 0 Å². The number of rotatable bonds is 3. The van der Waals surface area contributed by atoms with E-state index in [9.17, 15) is 4.79 Å². The lowest BCUT2D eigenvalue weighted by Gasteiger charge is -2.06. The first-order valence-electron chi connectivity index (χ1n) is 3.57. The minimum atomic E-state index is -0.548. The van der Waals surface area contributed by atoms with Crippen LogP contribution in [-0.2, 0) is 0 Å². The Bertz CT molecular complexity index is 325. The Balaban J connectivity index is 3.13. The number of ether oxygens (including phenoxy) is 2. The van der Waals surface area contributed by atoms with Crippen LogP contribution in [0.1, 0.15) is 10.4 Å². The lowest BCUT2D eigenvalue weighted by molar-refractivity contribution is 0.0999.